The molecule has 1 saturated carbocycles. The van der Waals surface area contributed by atoms with E-state index < -0.39 is 17.3 Å². The molecule has 0 bridgehead atoms. The Kier molecular flexibility index (Phi) is 4.19. The highest BCUT2D eigenvalue weighted by Gasteiger charge is 2.33. The van der Waals surface area contributed by atoms with Gasteiger partial charge < -0.3 is 5.11 Å². The van der Waals surface area contributed by atoms with Crippen molar-refractivity contribution in [2.75, 3.05) is 0 Å². The minimum atomic E-state index is -4.32. The van der Waals surface area contributed by atoms with E-state index in [1.807, 2.05) is 0 Å². The first-order valence-corrected chi connectivity index (χ1v) is 6.82. The smallest absolute Gasteiger partial charge is 0.385 e. The Morgan fingerprint density at radius 1 is 0.842 bits per heavy atom. The average Bonchev–Trinajstić information content (AvgIpc) is 2.33. The summed E-state index contributed by atoms with van der Waals surface area (Å²) in [7, 11) is 0. The van der Waals surface area contributed by atoms with Crippen molar-refractivity contribution < 1.29 is 18.3 Å². The summed E-state index contributed by atoms with van der Waals surface area (Å²) in [5, 5.41) is 10.7. The standard InChI is InChI=1S/C15H19F3O/c16-15(17,18)13-8-6-12(7-9-13)14(19)10-4-2-1-3-5-11-14/h6-9,19H,1-5,10-11H2. The minimum Gasteiger partial charge on any atom is -0.385 e. The number of hydrogen-bond acceptors (Lipinski definition) is 1. The highest BCUT2D eigenvalue weighted by atomic mass is 19.4. The van der Waals surface area contributed by atoms with E-state index in [-0.39, 0.29) is 0 Å². The lowest BCUT2D eigenvalue weighted by atomic mass is 9.81. The number of hydrogen-bond donors (Lipinski definition) is 1. The van der Waals surface area contributed by atoms with Gasteiger partial charge in [0.15, 0.2) is 0 Å². The van der Waals surface area contributed by atoms with Crippen LogP contribution in [0.2, 0.25) is 0 Å². The lowest BCUT2D eigenvalue weighted by Crippen LogP contribution is -2.26. The Balaban J connectivity index is 2.19. The second kappa shape index (κ2) is 5.53. The second-order valence-electron chi connectivity index (χ2n) is 5.37. The zero-order valence-electron chi connectivity index (χ0n) is 10.8. The number of halogens is 3. The van der Waals surface area contributed by atoms with Gasteiger partial charge in [0.1, 0.15) is 0 Å². The van der Waals surface area contributed by atoms with Crippen LogP contribution in [-0.4, -0.2) is 5.11 Å². The van der Waals surface area contributed by atoms with E-state index in [1.165, 1.54) is 18.6 Å². The number of rotatable bonds is 1. The number of alkyl halides is 3. The summed E-state index contributed by atoms with van der Waals surface area (Å²) in [6.45, 7) is 0. The van der Waals surface area contributed by atoms with Gasteiger partial charge in [-0.25, -0.2) is 0 Å². The molecule has 0 aliphatic heterocycles. The Labute approximate surface area is 111 Å². The van der Waals surface area contributed by atoms with E-state index in [2.05, 4.69) is 0 Å². The predicted molar refractivity (Wildman–Crippen MR) is 67.7 cm³/mol. The van der Waals surface area contributed by atoms with Gasteiger partial charge in [-0.2, -0.15) is 13.2 Å². The average molecular weight is 272 g/mol. The van der Waals surface area contributed by atoms with Gasteiger partial charge in [-0.1, -0.05) is 44.2 Å². The van der Waals surface area contributed by atoms with Crippen LogP contribution < -0.4 is 0 Å². The normalized spacial score (nSPS) is 20.6. The van der Waals surface area contributed by atoms with Crippen LogP contribution in [0.15, 0.2) is 24.3 Å². The summed E-state index contributed by atoms with van der Waals surface area (Å²) in [5.41, 5.74) is -1.00. The summed E-state index contributed by atoms with van der Waals surface area (Å²) in [5.74, 6) is 0. The molecular weight excluding hydrogens is 253 g/mol. The van der Waals surface area contributed by atoms with Crippen molar-refractivity contribution in [3.8, 4) is 0 Å². The minimum absolute atomic E-state index is 0.613. The first-order chi connectivity index (χ1) is 8.92. The Morgan fingerprint density at radius 2 is 1.32 bits per heavy atom. The molecule has 1 aromatic rings. The van der Waals surface area contributed by atoms with E-state index in [9.17, 15) is 18.3 Å². The monoisotopic (exact) mass is 272 g/mol. The molecule has 1 nitrogen and oxygen atoms in total. The van der Waals surface area contributed by atoms with E-state index >= 15 is 0 Å². The third-order valence-corrected chi connectivity index (χ3v) is 3.93. The summed E-state index contributed by atoms with van der Waals surface area (Å²) in [6.07, 6.45) is 2.17. The number of benzene rings is 1. The van der Waals surface area contributed by atoms with Gasteiger partial charge in [-0.3, -0.25) is 0 Å². The lowest BCUT2D eigenvalue weighted by Gasteiger charge is -2.30. The van der Waals surface area contributed by atoms with Crippen LogP contribution in [-0.2, 0) is 11.8 Å². The molecule has 1 aliphatic rings. The molecule has 1 aromatic carbocycles. The van der Waals surface area contributed by atoms with E-state index in [1.54, 1.807) is 0 Å². The largest absolute Gasteiger partial charge is 0.416 e. The molecule has 0 heterocycles. The summed E-state index contributed by atoms with van der Waals surface area (Å²) in [6, 6.07) is 4.97. The van der Waals surface area contributed by atoms with Gasteiger partial charge in [-0.15, -0.1) is 0 Å². The molecule has 4 heteroatoms. The molecule has 0 amide bonds. The van der Waals surface area contributed by atoms with Crippen molar-refractivity contribution in [1.82, 2.24) is 0 Å². The van der Waals surface area contributed by atoms with Crippen molar-refractivity contribution in [3.63, 3.8) is 0 Å². The topological polar surface area (TPSA) is 20.2 Å². The summed E-state index contributed by atoms with van der Waals surface area (Å²) < 4.78 is 37.5. The molecule has 2 rings (SSSR count). The van der Waals surface area contributed by atoms with Gasteiger partial charge in [0.2, 0.25) is 0 Å². The van der Waals surface area contributed by atoms with Crippen LogP contribution in [0.25, 0.3) is 0 Å². The van der Waals surface area contributed by atoms with Gasteiger partial charge in [0.05, 0.1) is 11.2 Å². The fraction of sp³-hybridized carbons (Fsp3) is 0.600. The molecule has 1 N–H and O–H groups in total. The zero-order valence-corrected chi connectivity index (χ0v) is 10.8. The summed E-state index contributed by atoms with van der Waals surface area (Å²) >= 11 is 0. The van der Waals surface area contributed by atoms with Crippen LogP contribution in [0.5, 0.6) is 0 Å². The van der Waals surface area contributed by atoms with E-state index in [4.69, 9.17) is 0 Å². The van der Waals surface area contributed by atoms with Crippen molar-refractivity contribution >= 4 is 0 Å². The fourth-order valence-electron chi connectivity index (χ4n) is 2.75. The molecule has 19 heavy (non-hydrogen) atoms. The van der Waals surface area contributed by atoms with Crippen molar-refractivity contribution in [2.45, 2.75) is 56.7 Å². The molecule has 0 radical (unpaired) electrons. The number of aliphatic hydroxyl groups is 1. The lowest BCUT2D eigenvalue weighted by molar-refractivity contribution is -0.137. The molecular formula is C15H19F3O. The third-order valence-electron chi connectivity index (χ3n) is 3.93. The van der Waals surface area contributed by atoms with E-state index in [0.717, 1.165) is 37.8 Å². The molecule has 0 spiro atoms. The maximum absolute atomic E-state index is 12.5. The molecule has 0 atom stereocenters. The SMILES string of the molecule is OC1(c2ccc(C(F)(F)F)cc2)CCCCCCC1. The molecule has 0 aromatic heterocycles. The zero-order chi connectivity index (χ0) is 13.9. The molecule has 0 saturated heterocycles. The van der Waals surface area contributed by atoms with Crippen LogP contribution >= 0.6 is 0 Å². The summed E-state index contributed by atoms with van der Waals surface area (Å²) in [4.78, 5) is 0. The van der Waals surface area contributed by atoms with Crippen LogP contribution in [0.4, 0.5) is 13.2 Å². The quantitative estimate of drug-likeness (QED) is 0.789. The first kappa shape index (κ1) is 14.4. The molecule has 0 unspecified atom stereocenters. The van der Waals surface area contributed by atoms with Gasteiger partial charge in [0, 0.05) is 0 Å². The van der Waals surface area contributed by atoms with Gasteiger partial charge >= 0.3 is 6.18 Å². The Morgan fingerprint density at radius 3 is 1.79 bits per heavy atom. The Bertz CT molecular complexity index is 400. The molecule has 1 fully saturated rings. The second-order valence-corrected chi connectivity index (χ2v) is 5.37. The van der Waals surface area contributed by atoms with Crippen LogP contribution in [0.3, 0.4) is 0 Å². The third kappa shape index (κ3) is 3.50. The fourth-order valence-corrected chi connectivity index (χ4v) is 2.75. The highest BCUT2D eigenvalue weighted by Crippen LogP contribution is 2.37. The predicted octanol–water partition coefficient (Wildman–Crippen LogP) is 4.64. The highest BCUT2D eigenvalue weighted by molar-refractivity contribution is 5.28. The molecule has 1 aliphatic carbocycles. The van der Waals surface area contributed by atoms with Gasteiger partial charge in [-0.05, 0) is 30.5 Å². The van der Waals surface area contributed by atoms with Gasteiger partial charge in [0.25, 0.3) is 0 Å². The van der Waals surface area contributed by atoms with Crippen LogP contribution in [0, 0.1) is 0 Å². The van der Waals surface area contributed by atoms with Crippen molar-refractivity contribution in [2.24, 2.45) is 0 Å². The van der Waals surface area contributed by atoms with Crippen molar-refractivity contribution in [1.29, 1.82) is 0 Å². The maximum atomic E-state index is 12.5. The van der Waals surface area contributed by atoms with Crippen molar-refractivity contribution in [3.05, 3.63) is 35.4 Å². The van der Waals surface area contributed by atoms with E-state index in [0.29, 0.717) is 18.4 Å². The first-order valence-electron chi connectivity index (χ1n) is 6.82. The molecule has 106 valence electrons. The maximum Gasteiger partial charge on any atom is 0.416 e. The Hall–Kier alpha value is -1.03. The van der Waals surface area contributed by atoms with Crippen LogP contribution in [0.1, 0.15) is 56.1 Å².